The molecule has 2 amide bonds. The molecule has 0 bridgehead atoms. The number of ether oxygens (including phenoxy) is 1. The number of amides is 2. The van der Waals surface area contributed by atoms with Gasteiger partial charge in [-0.05, 0) is 50.2 Å². The first-order valence-electron chi connectivity index (χ1n) is 11.0. The summed E-state index contributed by atoms with van der Waals surface area (Å²) in [4.78, 5) is 31.1. The van der Waals surface area contributed by atoms with Crippen molar-refractivity contribution in [2.24, 2.45) is 0 Å². The maximum Gasteiger partial charge on any atom is 0.262 e. The highest BCUT2D eigenvalue weighted by molar-refractivity contribution is 8.00. The predicted octanol–water partition coefficient (Wildman–Crippen LogP) is 6.18. The summed E-state index contributed by atoms with van der Waals surface area (Å²) in [7, 11) is 0. The van der Waals surface area contributed by atoms with Gasteiger partial charge in [0.1, 0.15) is 5.75 Å². The van der Waals surface area contributed by atoms with E-state index < -0.39 is 0 Å². The lowest BCUT2D eigenvalue weighted by Crippen LogP contribution is -2.20. The number of thioether (sulfide) groups is 1. The highest BCUT2D eigenvalue weighted by Gasteiger charge is 2.12. The van der Waals surface area contributed by atoms with E-state index in [0.717, 1.165) is 21.0 Å². The smallest absolute Gasteiger partial charge is 0.262 e. The van der Waals surface area contributed by atoms with Gasteiger partial charge in [-0.1, -0.05) is 48.0 Å². The lowest BCUT2D eigenvalue weighted by atomic mass is 10.1. The molecule has 0 aliphatic rings. The fraction of sp³-hybridized carbons (Fsp3) is 0.148. The molecule has 178 valence electrons. The second-order valence-electron chi connectivity index (χ2n) is 7.80. The average molecular weight is 504 g/mol. The van der Waals surface area contributed by atoms with E-state index in [1.54, 1.807) is 24.3 Å². The van der Waals surface area contributed by atoms with Crippen LogP contribution in [0.25, 0.3) is 11.3 Å². The molecule has 0 radical (unpaired) electrons. The Hall–Kier alpha value is -3.62. The fourth-order valence-electron chi connectivity index (χ4n) is 3.23. The molecular formula is C27H25N3O3S2. The highest BCUT2D eigenvalue weighted by Crippen LogP contribution is 2.31. The molecule has 2 N–H and O–H groups in total. The van der Waals surface area contributed by atoms with Gasteiger partial charge in [-0.3, -0.25) is 9.59 Å². The van der Waals surface area contributed by atoms with Crippen LogP contribution < -0.4 is 15.4 Å². The third-order valence-corrected chi connectivity index (χ3v) is 6.89. The Kier molecular flexibility index (Phi) is 8.18. The van der Waals surface area contributed by atoms with Crippen molar-refractivity contribution < 1.29 is 14.3 Å². The van der Waals surface area contributed by atoms with Gasteiger partial charge < -0.3 is 15.4 Å². The number of aromatic nitrogens is 1. The molecular weight excluding hydrogens is 478 g/mol. The minimum Gasteiger partial charge on any atom is -0.484 e. The van der Waals surface area contributed by atoms with Gasteiger partial charge in [0.25, 0.3) is 5.91 Å². The molecule has 6 nitrogen and oxygen atoms in total. The van der Waals surface area contributed by atoms with E-state index in [4.69, 9.17) is 4.74 Å². The summed E-state index contributed by atoms with van der Waals surface area (Å²) in [6.45, 7) is 3.99. The Bertz CT molecular complexity index is 1290. The first kappa shape index (κ1) is 24.5. The summed E-state index contributed by atoms with van der Waals surface area (Å²) < 4.78 is 5.45. The van der Waals surface area contributed by atoms with Crippen molar-refractivity contribution in [3.05, 3.63) is 89.3 Å². The summed E-state index contributed by atoms with van der Waals surface area (Å²) >= 11 is 2.89. The molecule has 0 spiro atoms. The first-order chi connectivity index (χ1) is 17.0. The van der Waals surface area contributed by atoms with Gasteiger partial charge in [0.2, 0.25) is 5.91 Å². The Morgan fingerprint density at radius 3 is 2.31 bits per heavy atom. The molecule has 4 aromatic rings. The number of benzene rings is 3. The molecule has 8 heteroatoms. The quantitative estimate of drug-likeness (QED) is 0.267. The van der Waals surface area contributed by atoms with E-state index in [2.05, 4.69) is 27.8 Å². The number of aryl methyl sites for hydroxylation is 2. The number of nitrogens with one attached hydrogen (secondary N) is 2. The van der Waals surface area contributed by atoms with Gasteiger partial charge in [-0.15, -0.1) is 23.1 Å². The van der Waals surface area contributed by atoms with Crippen LogP contribution in [-0.2, 0) is 9.59 Å². The topological polar surface area (TPSA) is 80.3 Å². The summed E-state index contributed by atoms with van der Waals surface area (Å²) in [5.41, 5.74) is 3.80. The molecule has 0 atom stereocenters. The van der Waals surface area contributed by atoms with Crippen molar-refractivity contribution >= 4 is 45.7 Å². The minimum absolute atomic E-state index is 0.0669. The molecule has 1 heterocycles. The number of nitrogens with zero attached hydrogens (tertiary/aromatic N) is 1. The molecule has 35 heavy (non-hydrogen) atoms. The molecule has 0 saturated carbocycles. The van der Waals surface area contributed by atoms with Crippen molar-refractivity contribution in [1.29, 1.82) is 0 Å². The Morgan fingerprint density at radius 2 is 1.60 bits per heavy atom. The lowest BCUT2D eigenvalue weighted by Gasteiger charge is -2.08. The van der Waals surface area contributed by atoms with Crippen molar-refractivity contribution in [2.75, 3.05) is 23.0 Å². The number of thiazole rings is 1. The lowest BCUT2D eigenvalue weighted by molar-refractivity contribution is -0.118. The third kappa shape index (κ3) is 7.18. The normalized spacial score (nSPS) is 10.6. The molecule has 4 rings (SSSR count). The number of hydrogen-bond acceptors (Lipinski definition) is 6. The van der Waals surface area contributed by atoms with Crippen molar-refractivity contribution in [3.8, 4) is 17.0 Å². The second-order valence-corrected chi connectivity index (χ2v) is 10.1. The SMILES string of the molecule is Cc1ccc(-c2nc(NC(=O)CSc3ccc(NC(=O)COc4ccccc4)cc3)sc2C)cc1. The zero-order valence-corrected chi connectivity index (χ0v) is 21.0. The van der Waals surface area contributed by atoms with Gasteiger partial charge in [0.15, 0.2) is 11.7 Å². The van der Waals surface area contributed by atoms with Gasteiger partial charge in [-0.2, -0.15) is 0 Å². The maximum atomic E-state index is 12.5. The van der Waals surface area contributed by atoms with Crippen LogP contribution in [0.15, 0.2) is 83.8 Å². The molecule has 0 unspecified atom stereocenters. The van der Waals surface area contributed by atoms with Crippen molar-refractivity contribution in [2.45, 2.75) is 18.7 Å². The standard InChI is InChI=1S/C27H25N3O3S2/c1-18-8-10-20(11-9-18)26-19(2)35-27(30-26)29-25(32)17-34-23-14-12-21(13-15-23)28-24(31)16-33-22-6-4-3-5-7-22/h3-15H,16-17H2,1-2H3,(H,28,31)(H,29,30,32). The molecule has 1 aromatic heterocycles. The van der Waals surface area contributed by atoms with E-state index in [1.807, 2.05) is 56.3 Å². The van der Waals surface area contributed by atoms with Gasteiger partial charge >= 0.3 is 0 Å². The molecule has 3 aromatic carbocycles. The van der Waals surface area contributed by atoms with E-state index in [9.17, 15) is 9.59 Å². The van der Waals surface area contributed by atoms with E-state index in [0.29, 0.717) is 16.6 Å². The zero-order valence-electron chi connectivity index (χ0n) is 19.4. The maximum absolute atomic E-state index is 12.5. The number of para-hydroxylation sites is 1. The largest absolute Gasteiger partial charge is 0.484 e. The third-order valence-electron chi connectivity index (χ3n) is 4.99. The Balaban J connectivity index is 1.24. The second kappa shape index (κ2) is 11.7. The summed E-state index contributed by atoms with van der Waals surface area (Å²) in [6.07, 6.45) is 0. The molecule has 0 aliphatic carbocycles. The van der Waals surface area contributed by atoms with Gasteiger partial charge in [-0.25, -0.2) is 4.98 Å². The number of hydrogen-bond donors (Lipinski definition) is 2. The zero-order chi connectivity index (χ0) is 24.6. The van der Waals surface area contributed by atoms with E-state index >= 15 is 0 Å². The van der Waals surface area contributed by atoms with Crippen molar-refractivity contribution in [1.82, 2.24) is 4.98 Å². The molecule has 0 fully saturated rings. The number of anilines is 2. The van der Waals surface area contributed by atoms with Crippen LogP contribution in [-0.4, -0.2) is 29.2 Å². The predicted molar refractivity (Wildman–Crippen MR) is 143 cm³/mol. The van der Waals surface area contributed by atoms with Crippen LogP contribution in [0, 0.1) is 13.8 Å². The van der Waals surface area contributed by atoms with E-state index in [-0.39, 0.29) is 24.2 Å². The fourth-order valence-corrected chi connectivity index (χ4v) is 4.78. The highest BCUT2D eigenvalue weighted by atomic mass is 32.2. The first-order valence-corrected chi connectivity index (χ1v) is 12.8. The summed E-state index contributed by atoms with van der Waals surface area (Å²) in [5.74, 6) is 0.550. The van der Waals surface area contributed by atoms with Crippen LogP contribution in [0.2, 0.25) is 0 Å². The van der Waals surface area contributed by atoms with Gasteiger partial charge in [0.05, 0.1) is 11.4 Å². The summed E-state index contributed by atoms with van der Waals surface area (Å²) in [5, 5.41) is 6.29. The Morgan fingerprint density at radius 1 is 0.886 bits per heavy atom. The molecule has 0 aliphatic heterocycles. The Labute approximate surface area is 212 Å². The van der Waals surface area contributed by atoms with Crippen LogP contribution in [0.5, 0.6) is 5.75 Å². The van der Waals surface area contributed by atoms with Crippen LogP contribution in [0.4, 0.5) is 10.8 Å². The van der Waals surface area contributed by atoms with Gasteiger partial charge in [0, 0.05) is 21.0 Å². The van der Waals surface area contributed by atoms with Crippen LogP contribution in [0.1, 0.15) is 10.4 Å². The van der Waals surface area contributed by atoms with Crippen LogP contribution in [0.3, 0.4) is 0 Å². The summed E-state index contributed by atoms with van der Waals surface area (Å²) in [6, 6.07) is 24.7. The number of carbonyl (C=O) groups excluding carboxylic acids is 2. The van der Waals surface area contributed by atoms with Crippen LogP contribution >= 0.6 is 23.1 Å². The minimum atomic E-state index is -0.239. The van der Waals surface area contributed by atoms with Crippen molar-refractivity contribution in [3.63, 3.8) is 0 Å². The number of carbonyl (C=O) groups is 2. The average Bonchev–Trinajstić information content (AvgIpc) is 3.23. The number of rotatable bonds is 9. The van der Waals surface area contributed by atoms with E-state index in [1.165, 1.54) is 28.7 Å². The monoisotopic (exact) mass is 503 g/mol. The molecule has 0 saturated heterocycles.